The van der Waals surface area contributed by atoms with Crippen LogP contribution >= 0.6 is 0 Å². The summed E-state index contributed by atoms with van der Waals surface area (Å²) in [5.74, 6) is 1.07. The van der Waals surface area contributed by atoms with E-state index in [0.29, 0.717) is 0 Å². The quantitative estimate of drug-likeness (QED) is 0.644. The van der Waals surface area contributed by atoms with Crippen LogP contribution in [0.1, 0.15) is 32.6 Å². The topological polar surface area (TPSA) is 16.1 Å². The summed E-state index contributed by atoms with van der Waals surface area (Å²) < 4.78 is 0. The molecule has 0 fully saturated rings. The lowest BCUT2D eigenvalue weighted by Gasteiger charge is -2.17. The SMILES string of the molecule is CCCCCCN(C)c1ccccn1. The molecule has 0 N–H and O–H groups in total. The maximum Gasteiger partial charge on any atom is 0.128 e. The summed E-state index contributed by atoms with van der Waals surface area (Å²) in [6.45, 7) is 3.35. The first kappa shape index (κ1) is 11.0. The number of hydrogen-bond acceptors (Lipinski definition) is 2. The monoisotopic (exact) mass is 192 g/mol. The minimum absolute atomic E-state index is 1.07. The number of pyridine rings is 1. The van der Waals surface area contributed by atoms with Crippen LogP contribution in [0, 0.1) is 0 Å². The largest absolute Gasteiger partial charge is 0.360 e. The van der Waals surface area contributed by atoms with Crippen LogP contribution in [0.4, 0.5) is 5.82 Å². The van der Waals surface area contributed by atoms with E-state index in [2.05, 4.69) is 29.9 Å². The second-order valence-corrected chi connectivity index (χ2v) is 3.67. The predicted molar refractivity (Wildman–Crippen MR) is 61.6 cm³/mol. The van der Waals surface area contributed by atoms with Gasteiger partial charge in [0.25, 0.3) is 0 Å². The second kappa shape index (κ2) is 6.41. The number of aromatic nitrogens is 1. The lowest BCUT2D eigenvalue weighted by molar-refractivity contribution is 0.659. The molecule has 0 aliphatic heterocycles. The van der Waals surface area contributed by atoms with Crippen LogP contribution in [0.3, 0.4) is 0 Å². The van der Waals surface area contributed by atoms with Gasteiger partial charge in [-0.15, -0.1) is 0 Å². The highest BCUT2D eigenvalue weighted by Crippen LogP contribution is 2.08. The molecule has 0 bridgehead atoms. The Hall–Kier alpha value is -1.05. The molecule has 1 heterocycles. The standard InChI is InChI=1S/C12H20N2/c1-3-4-5-8-11-14(2)12-9-6-7-10-13-12/h6-7,9-10H,3-5,8,11H2,1-2H3. The van der Waals surface area contributed by atoms with E-state index >= 15 is 0 Å². The maximum absolute atomic E-state index is 4.30. The minimum Gasteiger partial charge on any atom is -0.360 e. The Bertz CT molecular complexity index is 233. The third-order valence-corrected chi connectivity index (χ3v) is 2.39. The lowest BCUT2D eigenvalue weighted by Crippen LogP contribution is -2.19. The van der Waals surface area contributed by atoms with Crippen LogP contribution in [0.5, 0.6) is 0 Å². The van der Waals surface area contributed by atoms with Crippen LogP contribution in [-0.2, 0) is 0 Å². The van der Waals surface area contributed by atoms with E-state index in [0.717, 1.165) is 12.4 Å². The zero-order valence-electron chi connectivity index (χ0n) is 9.24. The molecular weight excluding hydrogens is 172 g/mol. The van der Waals surface area contributed by atoms with Crippen molar-refractivity contribution >= 4 is 5.82 Å². The van der Waals surface area contributed by atoms with Gasteiger partial charge in [-0.1, -0.05) is 32.3 Å². The molecule has 0 radical (unpaired) electrons. The highest BCUT2D eigenvalue weighted by Gasteiger charge is 1.99. The van der Waals surface area contributed by atoms with Gasteiger partial charge in [-0.05, 0) is 18.6 Å². The molecule has 1 aromatic heterocycles. The molecule has 2 heteroatoms. The van der Waals surface area contributed by atoms with Gasteiger partial charge in [0.15, 0.2) is 0 Å². The Balaban J connectivity index is 2.25. The van der Waals surface area contributed by atoms with Gasteiger partial charge in [-0.25, -0.2) is 4.98 Å². The average Bonchev–Trinajstić information content (AvgIpc) is 2.25. The third-order valence-electron chi connectivity index (χ3n) is 2.39. The van der Waals surface area contributed by atoms with Gasteiger partial charge in [0.2, 0.25) is 0 Å². The van der Waals surface area contributed by atoms with Crippen molar-refractivity contribution in [1.29, 1.82) is 0 Å². The molecular formula is C12H20N2. The fourth-order valence-corrected chi connectivity index (χ4v) is 1.47. The van der Waals surface area contributed by atoms with E-state index in [1.165, 1.54) is 25.7 Å². The van der Waals surface area contributed by atoms with Crippen molar-refractivity contribution in [3.63, 3.8) is 0 Å². The fraction of sp³-hybridized carbons (Fsp3) is 0.583. The average molecular weight is 192 g/mol. The Morgan fingerprint density at radius 1 is 1.21 bits per heavy atom. The van der Waals surface area contributed by atoms with Gasteiger partial charge in [0.05, 0.1) is 0 Å². The zero-order valence-corrected chi connectivity index (χ0v) is 9.24. The Kier molecular flexibility index (Phi) is 5.05. The lowest BCUT2D eigenvalue weighted by atomic mass is 10.2. The van der Waals surface area contributed by atoms with Crippen molar-refractivity contribution in [3.05, 3.63) is 24.4 Å². The first-order valence-electron chi connectivity index (χ1n) is 5.46. The molecule has 2 nitrogen and oxygen atoms in total. The predicted octanol–water partition coefficient (Wildman–Crippen LogP) is 3.10. The summed E-state index contributed by atoms with van der Waals surface area (Å²) in [5.41, 5.74) is 0. The van der Waals surface area contributed by atoms with Gasteiger partial charge in [-0.2, -0.15) is 0 Å². The van der Waals surface area contributed by atoms with Gasteiger partial charge in [0, 0.05) is 19.8 Å². The third kappa shape index (κ3) is 3.77. The highest BCUT2D eigenvalue weighted by atomic mass is 15.2. The van der Waals surface area contributed by atoms with Crippen LogP contribution in [0.2, 0.25) is 0 Å². The first-order valence-corrected chi connectivity index (χ1v) is 5.46. The van der Waals surface area contributed by atoms with Crippen LogP contribution < -0.4 is 4.90 Å². The Labute approximate surface area is 87.0 Å². The normalized spacial score (nSPS) is 10.1. The fourth-order valence-electron chi connectivity index (χ4n) is 1.47. The van der Waals surface area contributed by atoms with Crippen molar-refractivity contribution in [2.75, 3.05) is 18.5 Å². The molecule has 0 aliphatic carbocycles. The van der Waals surface area contributed by atoms with E-state index in [1.54, 1.807) is 0 Å². The van der Waals surface area contributed by atoms with E-state index in [4.69, 9.17) is 0 Å². The summed E-state index contributed by atoms with van der Waals surface area (Å²) in [7, 11) is 2.11. The van der Waals surface area contributed by atoms with Crippen molar-refractivity contribution in [3.8, 4) is 0 Å². The molecule has 1 aromatic rings. The smallest absolute Gasteiger partial charge is 0.128 e. The van der Waals surface area contributed by atoms with Crippen LogP contribution in [0.15, 0.2) is 24.4 Å². The Morgan fingerprint density at radius 3 is 2.71 bits per heavy atom. The molecule has 1 rings (SSSR count). The number of hydrogen-bond donors (Lipinski definition) is 0. The second-order valence-electron chi connectivity index (χ2n) is 3.67. The molecule has 0 amide bonds. The van der Waals surface area contributed by atoms with E-state index in [-0.39, 0.29) is 0 Å². The molecule has 0 atom stereocenters. The summed E-state index contributed by atoms with van der Waals surface area (Å²) >= 11 is 0. The zero-order chi connectivity index (χ0) is 10.2. The Morgan fingerprint density at radius 2 is 2.07 bits per heavy atom. The van der Waals surface area contributed by atoms with Crippen molar-refractivity contribution < 1.29 is 0 Å². The summed E-state index contributed by atoms with van der Waals surface area (Å²) in [4.78, 5) is 6.52. The highest BCUT2D eigenvalue weighted by molar-refractivity contribution is 5.35. The molecule has 0 aliphatic rings. The van der Waals surface area contributed by atoms with E-state index in [1.807, 2.05) is 18.3 Å². The molecule has 0 saturated heterocycles. The van der Waals surface area contributed by atoms with Crippen molar-refractivity contribution in [1.82, 2.24) is 4.98 Å². The van der Waals surface area contributed by atoms with Crippen molar-refractivity contribution in [2.24, 2.45) is 0 Å². The molecule has 0 aromatic carbocycles. The minimum atomic E-state index is 1.07. The molecule has 78 valence electrons. The van der Waals surface area contributed by atoms with Crippen molar-refractivity contribution in [2.45, 2.75) is 32.6 Å². The molecule has 0 spiro atoms. The number of nitrogens with zero attached hydrogens (tertiary/aromatic N) is 2. The van der Waals surface area contributed by atoms with Gasteiger partial charge in [0.1, 0.15) is 5.82 Å². The van der Waals surface area contributed by atoms with Crippen LogP contribution in [0.25, 0.3) is 0 Å². The molecule has 0 unspecified atom stereocenters. The number of rotatable bonds is 6. The molecule has 14 heavy (non-hydrogen) atoms. The van der Waals surface area contributed by atoms with E-state index in [9.17, 15) is 0 Å². The van der Waals surface area contributed by atoms with E-state index < -0.39 is 0 Å². The summed E-state index contributed by atoms with van der Waals surface area (Å²) in [6.07, 6.45) is 7.08. The molecule has 0 saturated carbocycles. The van der Waals surface area contributed by atoms with Gasteiger partial charge >= 0.3 is 0 Å². The van der Waals surface area contributed by atoms with Gasteiger partial charge < -0.3 is 4.90 Å². The van der Waals surface area contributed by atoms with Crippen LogP contribution in [-0.4, -0.2) is 18.6 Å². The first-order chi connectivity index (χ1) is 6.84. The number of unbranched alkanes of at least 4 members (excludes halogenated alkanes) is 3. The number of anilines is 1. The maximum atomic E-state index is 4.30. The summed E-state index contributed by atoms with van der Waals surface area (Å²) in [5, 5.41) is 0. The summed E-state index contributed by atoms with van der Waals surface area (Å²) in [6, 6.07) is 6.04. The van der Waals surface area contributed by atoms with Gasteiger partial charge in [-0.3, -0.25) is 0 Å².